The standard InChI is InChI=1S/C19H23ClN2O2/c1-4-24-10-9-22-18(23)17(20)19(22,13(2)3)15-11-14-7-5-6-8-16(14)21-12-15/h5-8,11-13,17H,4,9-10H2,1-3H3. The number of ether oxygens (including phenoxy) is 1. The Morgan fingerprint density at radius 3 is 2.83 bits per heavy atom. The highest BCUT2D eigenvalue weighted by Gasteiger charge is 2.61. The van der Waals surface area contributed by atoms with Crippen LogP contribution in [0.25, 0.3) is 10.9 Å². The molecule has 2 aromatic rings. The van der Waals surface area contributed by atoms with Gasteiger partial charge < -0.3 is 9.64 Å². The SMILES string of the molecule is CCOCCN1C(=O)C(Cl)C1(c1cnc2ccccc2c1)C(C)C. The molecule has 0 bridgehead atoms. The highest BCUT2D eigenvalue weighted by Crippen LogP contribution is 2.50. The molecule has 0 aliphatic carbocycles. The van der Waals surface area contributed by atoms with Crippen molar-refractivity contribution in [2.45, 2.75) is 31.7 Å². The molecule has 4 nitrogen and oxygen atoms in total. The van der Waals surface area contributed by atoms with Crippen molar-refractivity contribution in [1.82, 2.24) is 9.88 Å². The Morgan fingerprint density at radius 1 is 1.38 bits per heavy atom. The summed E-state index contributed by atoms with van der Waals surface area (Å²) < 4.78 is 5.45. The Labute approximate surface area is 147 Å². The van der Waals surface area contributed by atoms with Crippen LogP contribution in [-0.2, 0) is 15.1 Å². The molecule has 1 aliphatic heterocycles. The van der Waals surface area contributed by atoms with Crippen LogP contribution in [-0.4, -0.2) is 40.9 Å². The lowest BCUT2D eigenvalue weighted by atomic mass is 9.69. The lowest BCUT2D eigenvalue weighted by molar-refractivity contribution is -0.163. The summed E-state index contributed by atoms with van der Waals surface area (Å²) in [7, 11) is 0. The number of fused-ring (bicyclic) bond motifs is 1. The number of β-lactam (4-membered cyclic amide) rings is 1. The minimum atomic E-state index is -0.568. The summed E-state index contributed by atoms with van der Waals surface area (Å²) >= 11 is 6.55. The second kappa shape index (κ2) is 6.69. The van der Waals surface area contributed by atoms with Crippen LogP contribution in [0.3, 0.4) is 0 Å². The summed E-state index contributed by atoms with van der Waals surface area (Å²) in [6, 6.07) is 10.1. The lowest BCUT2D eigenvalue weighted by Crippen LogP contribution is -2.72. The quantitative estimate of drug-likeness (QED) is 0.456. The van der Waals surface area contributed by atoms with Gasteiger partial charge >= 0.3 is 0 Å². The maximum absolute atomic E-state index is 12.4. The second-order valence-electron chi connectivity index (χ2n) is 6.45. The van der Waals surface area contributed by atoms with Crippen molar-refractivity contribution in [2.24, 2.45) is 5.92 Å². The fourth-order valence-corrected chi connectivity index (χ4v) is 4.32. The molecule has 2 heterocycles. The number of carbonyl (C=O) groups excluding carboxylic acids is 1. The summed E-state index contributed by atoms with van der Waals surface area (Å²) in [5, 5.41) is 0.491. The molecule has 3 rings (SSSR count). The fraction of sp³-hybridized carbons (Fsp3) is 0.474. The number of amides is 1. The number of carbonyl (C=O) groups is 1. The van der Waals surface area contributed by atoms with Gasteiger partial charge in [0.15, 0.2) is 0 Å². The van der Waals surface area contributed by atoms with Crippen LogP contribution in [0.5, 0.6) is 0 Å². The molecule has 0 radical (unpaired) electrons. The van der Waals surface area contributed by atoms with Gasteiger partial charge in [0.25, 0.3) is 0 Å². The first kappa shape index (κ1) is 17.2. The van der Waals surface area contributed by atoms with Gasteiger partial charge in [-0.25, -0.2) is 0 Å². The van der Waals surface area contributed by atoms with Crippen molar-refractivity contribution in [2.75, 3.05) is 19.8 Å². The van der Waals surface area contributed by atoms with E-state index in [2.05, 4.69) is 24.9 Å². The Hall–Kier alpha value is -1.65. The third-order valence-electron chi connectivity index (χ3n) is 4.91. The van der Waals surface area contributed by atoms with Crippen LogP contribution in [0.4, 0.5) is 0 Å². The summed E-state index contributed by atoms with van der Waals surface area (Å²) in [6.07, 6.45) is 1.86. The molecule has 1 fully saturated rings. The predicted octanol–water partition coefficient (Wildman–Crippen LogP) is 3.57. The number of hydrogen-bond donors (Lipinski definition) is 0. The van der Waals surface area contributed by atoms with Crippen molar-refractivity contribution in [3.63, 3.8) is 0 Å². The first-order valence-electron chi connectivity index (χ1n) is 8.42. The van der Waals surface area contributed by atoms with Gasteiger partial charge in [-0.2, -0.15) is 0 Å². The molecule has 1 saturated heterocycles. The van der Waals surface area contributed by atoms with E-state index in [0.29, 0.717) is 19.8 Å². The van der Waals surface area contributed by atoms with Gasteiger partial charge in [-0.3, -0.25) is 9.78 Å². The van der Waals surface area contributed by atoms with Gasteiger partial charge in [-0.1, -0.05) is 32.0 Å². The molecule has 1 aromatic heterocycles. The van der Waals surface area contributed by atoms with Crippen molar-refractivity contribution in [1.29, 1.82) is 0 Å². The third-order valence-corrected chi connectivity index (χ3v) is 5.43. The molecule has 1 aliphatic rings. The van der Waals surface area contributed by atoms with Gasteiger partial charge in [-0.05, 0) is 30.5 Å². The van der Waals surface area contributed by atoms with Gasteiger partial charge in [0.2, 0.25) is 5.91 Å². The number of halogens is 1. The number of nitrogens with zero attached hydrogens (tertiary/aromatic N) is 2. The molecule has 0 N–H and O–H groups in total. The monoisotopic (exact) mass is 346 g/mol. The highest BCUT2D eigenvalue weighted by molar-refractivity contribution is 6.34. The zero-order valence-electron chi connectivity index (χ0n) is 14.3. The number of pyridine rings is 1. The van der Waals surface area contributed by atoms with Gasteiger partial charge in [0, 0.05) is 24.7 Å². The summed E-state index contributed by atoms with van der Waals surface area (Å²) in [5.41, 5.74) is 1.40. The molecule has 2 unspecified atom stereocenters. The summed E-state index contributed by atoms with van der Waals surface area (Å²) in [6.45, 7) is 7.85. The Balaban J connectivity index is 2.04. The van der Waals surface area contributed by atoms with E-state index in [1.54, 1.807) is 0 Å². The molecule has 1 aromatic carbocycles. The van der Waals surface area contributed by atoms with Crippen LogP contribution in [0.1, 0.15) is 26.3 Å². The largest absolute Gasteiger partial charge is 0.380 e. The molecular weight excluding hydrogens is 324 g/mol. The maximum Gasteiger partial charge on any atom is 0.244 e. The molecule has 5 heteroatoms. The molecule has 2 atom stereocenters. The van der Waals surface area contributed by atoms with E-state index < -0.39 is 10.9 Å². The number of aromatic nitrogens is 1. The number of alkyl halides is 1. The van der Waals surface area contributed by atoms with Crippen molar-refractivity contribution < 1.29 is 9.53 Å². The second-order valence-corrected chi connectivity index (χ2v) is 6.88. The number of hydrogen-bond acceptors (Lipinski definition) is 3. The highest BCUT2D eigenvalue weighted by atomic mass is 35.5. The Morgan fingerprint density at radius 2 is 2.12 bits per heavy atom. The zero-order valence-corrected chi connectivity index (χ0v) is 15.1. The van der Waals surface area contributed by atoms with Gasteiger partial charge in [-0.15, -0.1) is 11.6 Å². The minimum Gasteiger partial charge on any atom is -0.380 e. The normalized spacial score (nSPS) is 23.8. The smallest absolute Gasteiger partial charge is 0.244 e. The lowest BCUT2D eigenvalue weighted by Gasteiger charge is -2.58. The van der Waals surface area contributed by atoms with Crippen LogP contribution in [0.15, 0.2) is 36.5 Å². The van der Waals surface area contributed by atoms with Crippen molar-refractivity contribution >= 4 is 28.4 Å². The summed E-state index contributed by atoms with van der Waals surface area (Å²) in [4.78, 5) is 18.9. The maximum atomic E-state index is 12.4. The van der Waals surface area contributed by atoms with E-state index in [1.165, 1.54) is 0 Å². The van der Waals surface area contributed by atoms with E-state index in [9.17, 15) is 4.79 Å². The average Bonchev–Trinajstić information content (AvgIpc) is 2.60. The van der Waals surface area contributed by atoms with Crippen LogP contribution < -0.4 is 0 Å². The average molecular weight is 347 g/mol. The Kier molecular flexibility index (Phi) is 4.79. The third kappa shape index (κ3) is 2.49. The van der Waals surface area contributed by atoms with Crippen molar-refractivity contribution in [3.8, 4) is 0 Å². The molecule has 1 amide bonds. The van der Waals surface area contributed by atoms with E-state index in [-0.39, 0.29) is 11.8 Å². The zero-order chi connectivity index (χ0) is 17.3. The fourth-order valence-electron chi connectivity index (χ4n) is 3.70. The molecule has 0 saturated carbocycles. The van der Waals surface area contributed by atoms with E-state index in [4.69, 9.17) is 16.3 Å². The number of rotatable bonds is 6. The van der Waals surface area contributed by atoms with E-state index in [0.717, 1.165) is 16.5 Å². The van der Waals surface area contributed by atoms with Crippen LogP contribution >= 0.6 is 11.6 Å². The first-order chi connectivity index (χ1) is 11.5. The minimum absolute atomic E-state index is 0.0294. The van der Waals surface area contributed by atoms with Crippen LogP contribution in [0.2, 0.25) is 0 Å². The van der Waals surface area contributed by atoms with Crippen molar-refractivity contribution in [3.05, 3.63) is 42.1 Å². The Bertz CT molecular complexity index is 749. The predicted molar refractivity (Wildman–Crippen MR) is 96.1 cm³/mol. The van der Waals surface area contributed by atoms with E-state index in [1.807, 2.05) is 42.3 Å². The molecule has 128 valence electrons. The number of likely N-dealkylation sites (tertiary alicyclic amines) is 1. The van der Waals surface area contributed by atoms with Gasteiger partial charge in [0.05, 0.1) is 17.7 Å². The number of para-hydroxylation sites is 1. The van der Waals surface area contributed by atoms with Gasteiger partial charge in [0.1, 0.15) is 5.38 Å². The van der Waals surface area contributed by atoms with E-state index >= 15 is 0 Å². The molecule has 0 spiro atoms. The molecular formula is C19H23ClN2O2. The first-order valence-corrected chi connectivity index (χ1v) is 8.85. The topological polar surface area (TPSA) is 42.4 Å². The molecule has 24 heavy (non-hydrogen) atoms. The van der Waals surface area contributed by atoms with Crippen LogP contribution in [0, 0.1) is 5.92 Å². The summed E-state index contributed by atoms with van der Waals surface area (Å²) in [5.74, 6) is 0.139. The number of benzene rings is 1.